The van der Waals surface area contributed by atoms with E-state index in [9.17, 15) is 0 Å². The van der Waals surface area contributed by atoms with E-state index in [1.165, 1.54) is 32.1 Å². The van der Waals surface area contributed by atoms with Crippen molar-refractivity contribution >= 4 is 15.9 Å². The zero-order valence-corrected chi connectivity index (χ0v) is 8.85. The van der Waals surface area contributed by atoms with E-state index in [0.717, 1.165) is 17.4 Å². The molecule has 2 saturated carbocycles. The van der Waals surface area contributed by atoms with Gasteiger partial charge in [0.25, 0.3) is 0 Å². The minimum Gasteiger partial charge on any atom is -0.377 e. The highest BCUT2D eigenvalue weighted by molar-refractivity contribution is 9.09. The Bertz CT molecular complexity index is 198. The highest BCUT2D eigenvalue weighted by Crippen LogP contribution is 2.63. The van der Waals surface area contributed by atoms with E-state index in [0.29, 0.717) is 11.5 Å². The molecule has 1 saturated heterocycles. The lowest BCUT2D eigenvalue weighted by Crippen LogP contribution is -2.58. The van der Waals surface area contributed by atoms with Crippen molar-refractivity contribution in [2.24, 2.45) is 11.3 Å². The molecule has 0 N–H and O–H groups in total. The molecular weight excluding hydrogens is 216 g/mol. The maximum absolute atomic E-state index is 5.83. The van der Waals surface area contributed by atoms with Crippen molar-refractivity contribution in [2.75, 3.05) is 6.61 Å². The van der Waals surface area contributed by atoms with Crippen molar-refractivity contribution in [2.45, 2.75) is 43.0 Å². The van der Waals surface area contributed by atoms with Gasteiger partial charge in [-0.25, -0.2) is 0 Å². The van der Waals surface area contributed by atoms with Crippen LogP contribution in [0.2, 0.25) is 0 Å². The van der Waals surface area contributed by atoms with Gasteiger partial charge in [-0.2, -0.15) is 0 Å². The van der Waals surface area contributed by atoms with Crippen LogP contribution >= 0.6 is 15.9 Å². The summed E-state index contributed by atoms with van der Waals surface area (Å²) in [6.07, 6.45) is 7.59. The molecule has 2 aliphatic carbocycles. The van der Waals surface area contributed by atoms with Gasteiger partial charge in [-0.1, -0.05) is 28.8 Å². The largest absolute Gasteiger partial charge is 0.377 e. The first-order valence-corrected chi connectivity index (χ1v) is 6.02. The van der Waals surface area contributed by atoms with Crippen LogP contribution in [0.3, 0.4) is 0 Å². The molecule has 3 aliphatic rings. The first-order valence-electron chi connectivity index (χ1n) is 5.10. The predicted molar refractivity (Wildman–Crippen MR) is 51.5 cm³/mol. The Labute approximate surface area is 82.0 Å². The Morgan fingerprint density at radius 2 is 2.00 bits per heavy atom. The molecule has 12 heavy (non-hydrogen) atoms. The van der Waals surface area contributed by atoms with E-state index in [1.807, 2.05) is 0 Å². The molecular formula is C10H15BrO. The van der Waals surface area contributed by atoms with E-state index in [2.05, 4.69) is 15.9 Å². The number of hydrogen-bond donors (Lipinski definition) is 0. The van der Waals surface area contributed by atoms with Crippen LogP contribution in [0.15, 0.2) is 0 Å². The van der Waals surface area contributed by atoms with E-state index < -0.39 is 0 Å². The van der Waals surface area contributed by atoms with Crippen molar-refractivity contribution in [3.05, 3.63) is 0 Å². The lowest BCUT2D eigenvalue weighted by atomic mass is 9.58. The zero-order chi connectivity index (χ0) is 8.18. The molecule has 0 amide bonds. The molecule has 3 atom stereocenters. The third kappa shape index (κ3) is 0.741. The topological polar surface area (TPSA) is 9.23 Å². The molecule has 1 heterocycles. The summed E-state index contributed by atoms with van der Waals surface area (Å²) in [5.41, 5.74) is 0.571. The minimum atomic E-state index is 0.571. The second-order valence-corrected chi connectivity index (χ2v) is 5.57. The number of hydrogen-bond acceptors (Lipinski definition) is 1. The van der Waals surface area contributed by atoms with Crippen LogP contribution < -0.4 is 0 Å². The third-order valence-electron chi connectivity index (χ3n) is 4.16. The van der Waals surface area contributed by atoms with E-state index in [-0.39, 0.29) is 0 Å². The van der Waals surface area contributed by atoms with Crippen LogP contribution in [0.4, 0.5) is 0 Å². The summed E-state index contributed by atoms with van der Waals surface area (Å²) in [7, 11) is 0. The molecule has 0 aromatic rings. The van der Waals surface area contributed by atoms with Crippen molar-refractivity contribution in [3.8, 4) is 0 Å². The van der Waals surface area contributed by atoms with Gasteiger partial charge in [0.05, 0.1) is 6.10 Å². The molecule has 3 rings (SSSR count). The molecule has 0 unspecified atom stereocenters. The molecule has 0 radical (unpaired) electrons. The third-order valence-corrected chi connectivity index (χ3v) is 5.75. The Morgan fingerprint density at radius 3 is 2.75 bits per heavy atom. The summed E-state index contributed by atoms with van der Waals surface area (Å²) < 4.78 is 5.83. The van der Waals surface area contributed by atoms with E-state index in [1.54, 1.807) is 0 Å². The highest BCUT2D eigenvalue weighted by atomic mass is 79.9. The Kier molecular flexibility index (Phi) is 1.61. The summed E-state index contributed by atoms with van der Waals surface area (Å²) in [6.45, 7) is 1.01. The summed E-state index contributed by atoms with van der Waals surface area (Å²) in [6, 6.07) is 0. The van der Waals surface area contributed by atoms with Gasteiger partial charge in [-0.05, 0) is 19.3 Å². The smallest absolute Gasteiger partial charge is 0.0681 e. The average molecular weight is 231 g/mol. The molecule has 1 spiro atoms. The predicted octanol–water partition coefficient (Wildman–Crippen LogP) is 2.73. The fraction of sp³-hybridized carbons (Fsp3) is 1.00. The van der Waals surface area contributed by atoms with E-state index in [4.69, 9.17) is 4.74 Å². The van der Waals surface area contributed by atoms with Gasteiger partial charge in [0, 0.05) is 22.8 Å². The lowest BCUT2D eigenvalue weighted by Gasteiger charge is -2.54. The van der Waals surface area contributed by atoms with E-state index >= 15 is 0 Å². The summed E-state index contributed by atoms with van der Waals surface area (Å²) in [5, 5.41) is 0. The van der Waals surface area contributed by atoms with Gasteiger partial charge in [0.2, 0.25) is 0 Å². The second-order valence-electron chi connectivity index (χ2n) is 4.59. The molecule has 1 aliphatic heterocycles. The van der Waals surface area contributed by atoms with Gasteiger partial charge in [0.15, 0.2) is 0 Å². The van der Waals surface area contributed by atoms with Gasteiger partial charge >= 0.3 is 0 Å². The maximum atomic E-state index is 5.83. The Morgan fingerprint density at radius 1 is 1.25 bits per heavy atom. The quantitative estimate of drug-likeness (QED) is 0.582. The van der Waals surface area contributed by atoms with Crippen LogP contribution in [0.5, 0.6) is 0 Å². The molecule has 0 aromatic heterocycles. The number of alkyl halides is 1. The lowest BCUT2D eigenvalue weighted by molar-refractivity contribution is -0.0890. The van der Waals surface area contributed by atoms with Crippen molar-refractivity contribution < 1.29 is 4.74 Å². The van der Waals surface area contributed by atoms with Crippen LogP contribution in [0, 0.1) is 11.3 Å². The van der Waals surface area contributed by atoms with Gasteiger partial charge in [-0.3, -0.25) is 0 Å². The van der Waals surface area contributed by atoms with Crippen LogP contribution in [0.25, 0.3) is 0 Å². The fourth-order valence-electron chi connectivity index (χ4n) is 3.56. The number of fused-ring (bicyclic) bond motifs is 2. The second kappa shape index (κ2) is 2.48. The average Bonchev–Trinajstić information content (AvgIpc) is 2.72. The standard InChI is InChI=1S/C10H15BrO/c11-8-7-3-6-12-9(7)10(8)4-1-2-5-10/h7-9H,1-6H2/t7-,8+,9-/m0/s1. The number of ether oxygens (including phenoxy) is 1. The normalized spacial score (nSPS) is 49.2. The van der Waals surface area contributed by atoms with Crippen LogP contribution in [-0.4, -0.2) is 17.5 Å². The molecule has 0 aromatic carbocycles. The van der Waals surface area contributed by atoms with Crippen molar-refractivity contribution in [1.82, 2.24) is 0 Å². The number of halogens is 1. The zero-order valence-electron chi connectivity index (χ0n) is 7.26. The molecule has 2 heteroatoms. The Balaban J connectivity index is 1.87. The fourth-order valence-corrected chi connectivity index (χ4v) is 4.82. The minimum absolute atomic E-state index is 0.571. The van der Waals surface area contributed by atoms with Gasteiger partial charge < -0.3 is 4.74 Å². The summed E-state index contributed by atoms with van der Waals surface area (Å²) in [4.78, 5) is 0.778. The van der Waals surface area contributed by atoms with Crippen LogP contribution in [0.1, 0.15) is 32.1 Å². The van der Waals surface area contributed by atoms with Crippen molar-refractivity contribution in [1.29, 1.82) is 0 Å². The highest BCUT2D eigenvalue weighted by Gasteiger charge is 2.63. The molecule has 0 bridgehead atoms. The first-order chi connectivity index (χ1) is 5.84. The first kappa shape index (κ1) is 7.81. The molecule has 68 valence electrons. The van der Waals surface area contributed by atoms with Gasteiger partial charge in [0.1, 0.15) is 0 Å². The molecule has 1 nitrogen and oxygen atoms in total. The van der Waals surface area contributed by atoms with Crippen molar-refractivity contribution in [3.63, 3.8) is 0 Å². The summed E-state index contributed by atoms with van der Waals surface area (Å²) >= 11 is 3.87. The van der Waals surface area contributed by atoms with Gasteiger partial charge in [-0.15, -0.1) is 0 Å². The Hall–Kier alpha value is 0.440. The summed E-state index contributed by atoms with van der Waals surface area (Å²) in [5.74, 6) is 0.850. The SMILES string of the molecule is Br[C@@H]1[C@@H]2CCO[C@@H]2C12CCCC2. The number of rotatable bonds is 0. The maximum Gasteiger partial charge on any atom is 0.0681 e. The van der Waals surface area contributed by atoms with Crippen LogP contribution in [-0.2, 0) is 4.74 Å². The monoisotopic (exact) mass is 230 g/mol. The molecule has 3 fully saturated rings.